The van der Waals surface area contributed by atoms with Crippen LogP contribution >= 0.6 is 0 Å². The van der Waals surface area contributed by atoms with Gasteiger partial charge in [-0.25, -0.2) is 0 Å². The van der Waals surface area contributed by atoms with Gasteiger partial charge in [-0.15, -0.1) is 0 Å². The van der Waals surface area contributed by atoms with Crippen molar-refractivity contribution < 1.29 is 30.3 Å². The van der Waals surface area contributed by atoms with E-state index in [1.807, 2.05) is 13.8 Å². The molecule has 0 bridgehead atoms. The Labute approximate surface area is 152 Å². The van der Waals surface area contributed by atoms with Crippen LogP contribution < -0.4 is 0 Å². The normalized spacial score (nSPS) is 54.5. The third kappa shape index (κ3) is 1.69. The molecule has 0 aromatic heterocycles. The van der Waals surface area contributed by atoms with Gasteiger partial charge in [0.25, 0.3) is 0 Å². The summed E-state index contributed by atoms with van der Waals surface area (Å²) in [5.74, 6) is -3.14. The zero-order valence-corrected chi connectivity index (χ0v) is 15.6. The Hall–Kier alpha value is -1.05. The van der Waals surface area contributed by atoms with E-state index in [9.17, 15) is 30.3 Å². The highest BCUT2D eigenvalue weighted by atomic mass is 16.4. The highest BCUT2D eigenvalue weighted by Gasteiger charge is 2.84. The Balaban J connectivity index is 1.96. The molecule has 8 atom stereocenters. The number of hydrogen-bond acceptors (Lipinski definition) is 6. The van der Waals surface area contributed by atoms with E-state index in [0.717, 1.165) is 0 Å². The summed E-state index contributed by atoms with van der Waals surface area (Å²) in [6, 6.07) is 0. The van der Waals surface area contributed by atoms with E-state index in [1.165, 1.54) is 0 Å². The molecule has 6 nitrogen and oxygen atoms in total. The van der Waals surface area contributed by atoms with Crippen LogP contribution in [0.2, 0.25) is 0 Å². The Kier molecular flexibility index (Phi) is 3.42. The number of hydrogen-bond donors (Lipinski definition) is 5. The molecule has 0 radical (unpaired) electrons. The van der Waals surface area contributed by atoms with Crippen molar-refractivity contribution in [3.05, 3.63) is 23.3 Å². The number of fused-ring (bicyclic) bond motifs is 5. The molecule has 4 aliphatic rings. The van der Waals surface area contributed by atoms with Gasteiger partial charge >= 0.3 is 0 Å². The van der Waals surface area contributed by atoms with E-state index in [4.69, 9.17) is 0 Å². The molecule has 4 rings (SSSR count). The average molecular weight is 364 g/mol. The molecule has 0 saturated heterocycles. The Morgan fingerprint density at radius 1 is 1.19 bits per heavy atom. The van der Waals surface area contributed by atoms with E-state index in [-0.39, 0.29) is 13.0 Å². The molecule has 0 spiro atoms. The molecule has 5 N–H and O–H groups in total. The second-order valence-electron chi connectivity index (χ2n) is 9.41. The maximum atomic E-state index is 12.7. The summed E-state index contributed by atoms with van der Waals surface area (Å²) >= 11 is 0. The molecule has 0 aromatic rings. The van der Waals surface area contributed by atoms with Gasteiger partial charge in [0.05, 0.1) is 18.3 Å². The van der Waals surface area contributed by atoms with Crippen LogP contribution in [0.5, 0.6) is 0 Å². The monoisotopic (exact) mass is 364 g/mol. The molecule has 2 saturated carbocycles. The van der Waals surface area contributed by atoms with Gasteiger partial charge in [0.15, 0.2) is 5.78 Å². The van der Waals surface area contributed by atoms with Gasteiger partial charge in [0, 0.05) is 35.5 Å². The molecule has 4 aliphatic carbocycles. The molecule has 2 fully saturated rings. The summed E-state index contributed by atoms with van der Waals surface area (Å²) in [4.78, 5) is 12.7. The average Bonchev–Trinajstić information content (AvgIpc) is 2.97. The smallest absolute Gasteiger partial charge is 0.190 e. The molecule has 5 unspecified atom stereocenters. The van der Waals surface area contributed by atoms with Crippen LogP contribution in [0.4, 0.5) is 0 Å². The zero-order valence-electron chi connectivity index (χ0n) is 15.6. The summed E-state index contributed by atoms with van der Waals surface area (Å²) in [5, 5.41) is 54.9. The van der Waals surface area contributed by atoms with Gasteiger partial charge in [-0.05, 0) is 18.1 Å². The molecule has 0 aromatic carbocycles. The van der Waals surface area contributed by atoms with Crippen molar-refractivity contribution in [1.82, 2.24) is 0 Å². The number of rotatable bonds is 1. The van der Waals surface area contributed by atoms with Crippen molar-refractivity contribution in [2.24, 2.45) is 29.1 Å². The molecule has 6 heteroatoms. The minimum Gasteiger partial charge on any atom is -0.392 e. The first-order valence-electron chi connectivity index (χ1n) is 9.27. The number of Topliss-reactive ketones (excluding diaryl/α,β-unsaturated/α-hetero) is 1. The number of aliphatic hydroxyl groups is 5. The quantitative estimate of drug-likeness (QED) is 0.416. The third-order valence-electron chi connectivity index (χ3n) is 8.04. The predicted molar refractivity (Wildman–Crippen MR) is 92.8 cm³/mol. The van der Waals surface area contributed by atoms with Gasteiger partial charge in [-0.2, -0.15) is 0 Å². The molecule has 0 amide bonds. The third-order valence-corrected chi connectivity index (χ3v) is 8.04. The standard InChI is InChI=1S/C20H28O6/c1-9-5-13-18(24,15(9)22)7-11(8-21)6-12-14-17(3,4)20(14,26)16(23)10(2)19(12,13)25/h5-6,10,12-14,16,21,23-26H,7-8H2,1-4H3/t10?,12?,13?,14?,16?,18-,19-,20-/m1/s1. The molecule has 0 aliphatic heterocycles. The number of ketones is 1. The second kappa shape index (κ2) is 4.86. The van der Waals surface area contributed by atoms with E-state index in [0.29, 0.717) is 11.1 Å². The fraction of sp³-hybridized carbons (Fsp3) is 0.750. The second-order valence-corrected chi connectivity index (χ2v) is 9.41. The van der Waals surface area contributed by atoms with Crippen LogP contribution in [0.25, 0.3) is 0 Å². The topological polar surface area (TPSA) is 118 Å². The number of carbonyl (C=O) groups is 1. The van der Waals surface area contributed by atoms with Gasteiger partial charge in [-0.1, -0.05) is 32.9 Å². The SMILES string of the molecule is CC1=CC2[C@@]3(O)C(C)C(O)[C@]4(O)C(C3C=C(CO)C[C@]2(O)C1=O)C4(C)C. The van der Waals surface area contributed by atoms with E-state index in [1.54, 1.807) is 26.0 Å². The Morgan fingerprint density at radius 2 is 1.81 bits per heavy atom. The van der Waals surface area contributed by atoms with Crippen molar-refractivity contribution >= 4 is 5.78 Å². The van der Waals surface area contributed by atoms with Gasteiger partial charge in [-0.3, -0.25) is 4.79 Å². The molecule has 144 valence electrons. The maximum Gasteiger partial charge on any atom is 0.190 e. The number of carbonyl (C=O) groups excluding carboxylic acids is 1. The van der Waals surface area contributed by atoms with Crippen molar-refractivity contribution in [1.29, 1.82) is 0 Å². The number of aliphatic hydroxyl groups excluding tert-OH is 2. The lowest BCUT2D eigenvalue weighted by Gasteiger charge is -2.51. The van der Waals surface area contributed by atoms with Crippen LogP contribution in [0.3, 0.4) is 0 Å². The van der Waals surface area contributed by atoms with Crippen molar-refractivity contribution in [2.75, 3.05) is 6.61 Å². The summed E-state index contributed by atoms with van der Waals surface area (Å²) < 4.78 is 0. The first-order chi connectivity index (χ1) is 11.9. The minimum atomic E-state index is -1.84. The minimum absolute atomic E-state index is 0.0615. The largest absolute Gasteiger partial charge is 0.392 e. The lowest BCUT2D eigenvalue weighted by molar-refractivity contribution is -0.209. The zero-order chi connectivity index (χ0) is 19.4. The van der Waals surface area contributed by atoms with Crippen LogP contribution in [0.1, 0.15) is 34.1 Å². The summed E-state index contributed by atoms with van der Waals surface area (Å²) in [5.41, 5.74) is -4.57. The van der Waals surface area contributed by atoms with Crippen LogP contribution in [0, 0.1) is 29.1 Å². The predicted octanol–water partition coefficient (Wildman–Crippen LogP) is -0.0699. The molecular formula is C20H28O6. The van der Waals surface area contributed by atoms with Crippen molar-refractivity contribution in [3.63, 3.8) is 0 Å². The lowest BCUT2D eigenvalue weighted by atomic mass is 9.59. The van der Waals surface area contributed by atoms with Crippen LogP contribution in [-0.2, 0) is 4.79 Å². The highest BCUT2D eigenvalue weighted by molar-refractivity contribution is 6.04. The Morgan fingerprint density at radius 3 is 2.38 bits per heavy atom. The van der Waals surface area contributed by atoms with Crippen molar-refractivity contribution in [2.45, 2.75) is 57.0 Å². The van der Waals surface area contributed by atoms with Crippen LogP contribution in [-0.4, -0.2) is 60.8 Å². The van der Waals surface area contributed by atoms with Crippen molar-refractivity contribution in [3.8, 4) is 0 Å². The summed E-state index contributed by atoms with van der Waals surface area (Å²) in [7, 11) is 0. The molecular weight excluding hydrogens is 336 g/mol. The maximum absolute atomic E-state index is 12.7. The van der Waals surface area contributed by atoms with Gasteiger partial charge < -0.3 is 25.5 Å². The summed E-state index contributed by atoms with van der Waals surface area (Å²) in [6.07, 6.45) is 2.08. The van der Waals surface area contributed by atoms with E-state index in [2.05, 4.69) is 0 Å². The fourth-order valence-corrected chi connectivity index (χ4v) is 6.45. The molecule has 26 heavy (non-hydrogen) atoms. The lowest BCUT2D eigenvalue weighted by Crippen LogP contribution is -2.65. The van der Waals surface area contributed by atoms with Crippen LogP contribution in [0.15, 0.2) is 23.3 Å². The summed E-state index contributed by atoms with van der Waals surface area (Å²) in [6.45, 7) is 6.63. The highest BCUT2D eigenvalue weighted by Crippen LogP contribution is 2.74. The fourth-order valence-electron chi connectivity index (χ4n) is 6.45. The van der Waals surface area contributed by atoms with Gasteiger partial charge in [0.1, 0.15) is 11.2 Å². The molecule has 0 heterocycles. The first kappa shape index (κ1) is 18.3. The Bertz CT molecular complexity index is 753. The first-order valence-corrected chi connectivity index (χ1v) is 9.27. The van der Waals surface area contributed by atoms with E-state index >= 15 is 0 Å². The van der Waals surface area contributed by atoms with Gasteiger partial charge in [0.2, 0.25) is 0 Å². The van der Waals surface area contributed by atoms with E-state index < -0.39 is 57.8 Å².